The second kappa shape index (κ2) is 9.34. The molecule has 0 spiro atoms. The van der Waals surface area contributed by atoms with Crippen molar-refractivity contribution in [3.05, 3.63) is 23.3 Å². The number of hydrogen-bond donors (Lipinski definition) is 1. The summed E-state index contributed by atoms with van der Waals surface area (Å²) >= 11 is 0. The molecule has 1 unspecified atom stereocenters. The maximum absolute atomic E-state index is 10.7. The van der Waals surface area contributed by atoms with Gasteiger partial charge in [-0.3, -0.25) is 0 Å². The molecule has 0 aromatic rings. The molecule has 1 N–H and O–H groups in total. The van der Waals surface area contributed by atoms with Gasteiger partial charge < -0.3 is 9.90 Å². The summed E-state index contributed by atoms with van der Waals surface area (Å²) in [7, 11) is 0. The van der Waals surface area contributed by atoms with E-state index in [1.54, 1.807) is 0 Å². The van der Waals surface area contributed by atoms with Gasteiger partial charge in [-0.15, -0.1) is 0 Å². The Labute approximate surface area is 99.1 Å². The van der Waals surface area contributed by atoms with Crippen molar-refractivity contribution in [1.82, 2.24) is 0 Å². The molecule has 0 heterocycles. The van der Waals surface area contributed by atoms with Crippen molar-refractivity contribution in [2.75, 3.05) is 6.61 Å². The number of aliphatic hydroxyl groups excluding tert-OH is 1. The summed E-state index contributed by atoms with van der Waals surface area (Å²) in [5.74, 6) is -0.0246. The first-order valence-corrected chi connectivity index (χ1v) is 5.95. The smallest absolute Gasteiger partial charge is 0.123 e. The minimum atomic E-state index is -0.0246. The first-order chi connectivity index (χ1) is 7.60. The number of carbonyl (C=O) groups is 1. The standard InChI is InChI=1S/C14H24O2/c1-12(2)5-4-6-13(3)7-8-14(11-16)9-10-15/h5,7,11,14-15H,4,6,8-10H2,1-3H3/b13-7+. The van der Waals surface area contributed by atoms with Gasteiger partial charge in [0.2, 0.25) is 0 Å². The summed E-state index contributed by atoms with van der Waals surface area (Å²) in [4.78, 5) is 10.7. The first-order valence-electron chi connectivity index (χ1n) is 5.95. The van der Waals surface area contributed by atoms with Gasteiger partial charge in [0.1, 0.15) is 6.29 Å². The maximum atomic E-state index is 10.7. The SMILES string of the molecule is CC(C)=CCC/C(C)=C/CC(C=O)CCO. The number of aliphatic hydroxyl groups is 1. The third-order valence-electron chi connectivity index (χ3n) is 2.55. The van der Waals surface area contributed by atoms with E-state index in [-0.39, 0.29) is 12.5 Å². The molecule has 0 bridgehead atoms. The molecular formula is C14H24O2. The fourth-order valence-corrected chi connectivity index (χ4v) is 1.45. The van der Waals surface area contributed by atoms with Crippen LogP contribution in [0.2, 0.25) is 0 Å². The van der Waals surface area contributed by atoms with Crippen LogP contribution in [-0.4, -0.2) is 18.0 Å². The highest BCUT2D eigenvalue weighted by Crippen LogP contribution is 2.12. The van der Waals surface area contributed by atoms with E-state index in [1.807, 2.05) is 0 Å². The van der Waals surface area contributed by atoms with Gasteiger partial charge in [0.25, 0.3) is 0 Å². The summed E-state index contributed by atoms with van der Waals surface area (Å²) in [6, 6.07) is 0. The van der Waals surface area contributed by atoms with Crippen LogP contribution in [0.3, 0.4) is 0 Å². The van der Waals surface area contributed by atoms with Crippen LogP contribution in [-0.2, 0) is 4.79 Å². The molecule has 0 saturated heterocycles. The van der Waals surface area contributed by atoms with Crippen molar-refractivity contribution in [2.45, 2.75) is 46.5 Å². The van der Waals surface area contributed by atoms with Crippen LogP contribution in [0.15, 0.2) is 23.3 Å². The molecule has 16 heavy (non-hydrogen) atoms. The van der Waals surface area contributed by atoms with Gasteiger partial charge >= 0.3 is 0 Å². The van der Waals surface area contributed by atoms with Gasteiger partial charge in [-0.25, -0.2) is 0 Å². The molecule has 92 valence electrons. The van der Waals surface area contributed by atoms with E-state index in [9.17, 15) is 4.79 Å². The molecule has 0 aliphatic carbocycles. The zero-order chi connectivity index (χ0) is 12.4. The molecule has 0 fully saturated rings. The molecule has 0 aromatic heterocycles. The lowest BCUT2D eigenvalue weighted by Crippen LogP contribution is -2.03. The Kier molecular flexibility index (Phi) is 8.82. The van der Waals surface area contributed by atoms with E-state index in [1.165, 1.54) is 11.1 Å². The number of carbonyl (C=O) groups excluding carboxylic acids is 1. The van der Waals surface area contributed by atoms with Gasteiger partial charge in [-0.05, 0) is 46.5 Å². The average molecular weight is 224 g/mol. The van der Waals surface area contributed by atoms with Gasteiger partial charge in [-0.1, -0.05) is 23.3 Å². The fraction of sp³-hybridized carbons (Fsp3) is 0.643. The molecule has 0 rings (SSSR count). The van der Waals surface area contributed by atoms with Gasteiger partial charge in [0.05, 0.1) is 0 Å². The minimum Gasteiger partial charge on any atom is -0.396 e. The van der Waals surface area contributed by atoms with E-state index in [0.717, 1.165) is 25.5 Å². The van der Waals surface area contributed by atoms with Crippen LogP contribution < -0.4 is 0 Å². The predicted molar refractivity (Wildman–Crippen MR) is 68.3 cm³/mol. The molecule has 2 heteroatoms. The van der Waals surface area contributed by atoms with E-state index in [0.29, 0.717) is 6.42 Å². The Balaban J connectivity index is 3.92. The summed E-state index contributed by atoms with van der Waals surface area (Å²) in [6.07, 6.45) is 8.73. The lowest BCUT2D eigenvalue weighted by molar-refractivity contribution is -0.111. The minimum absolute atomic E-state index is 0.0246. The van der Waals surface area contributed by atoms with Crippen molar-refractivity contribution in [3.8, 4) is 0 Å². The lowest BCUT2D eigenvalue weighted by atomic mass is 10.0. The highest BCUT2D eigenvalue weighted by molar-refractivity contribution is 5.53. The second-order valence-corrected chi connectivity index (χ2v) is 4.51. The Morgan fingerprint density at radius 3 is 2.44 bits per heavy atom. The van der Waals surface area contributed by atoms with E-state index < -0.39 is 0 Å². The molecule has 1 atom stereocenters. The van der Waals surface area contributed by atoms with Crippen LogP contribution in [0.1, 0.15) is 46.5 Å². The number of rotatable bonds is 8. The lowest BCUT2D eigenvalue weighted by Gasteiger charge is -2.05. The van der Waals surface area contributed by atoms with Crippen molar-refractivity contribution < 1.29 is 9.90 Å². The first kappa shape index (κ1) is 15.1. The van der Waals surface area contributed by atoms with Crippen molar-refractivity contribution >= 4 is 6.29 Å². The quantitative estimate of drug-likeness (QED) is 0.507. The highest BCUT2D eigenvalue weighted by Gasteiger charge is 2.04. The Bertz CT molecular complexity index is 247. The molecule has 0 saturated carbocycles. The molecule has 0 aliphatic rings. The topological polar surface area (TPSA) is 37.3 Å². The largest absolute Gasteiger partial charge is 0.396 e. The third-order valence-corrected chi connectivity index (χ3v) is 2.55. The Morgan fingerprint density at radius 1 is 1.25 bits per heavy atom. The summed E-state index contributed by atoms with van der Waals surface area (Å²) in [5.41, 5.74) is 2.67. The Hall–Kier alpha value is -0.890. The molecule has 0 amide bonds. The third kappa shape index (κ3) is 8.42. The monoisotopic (exact) mass is 224 g/mol. The van der Waals surface area contributed by atoms with Crippen LogP contribution in [0, 0.1) is 5.92 Å². The molecule has 0 aliphatic heterocycles. The van der Waals surface area contributed by atoms with E-state index >= 15 is 0 Å². The van der Waals surface area contributed by atoms with E-state index in [4.69, 9.17) is 5.11 Å². The van der Waals surface area contributed by atoms with Gasteiger partial charge in [0, 0.05) is 12.5 Å². The fourth-order valence-electron chi connectivity index (χ4n) is 1.45. The average Bonchev–Trinajstić information content (AvgIpc) is 2.23. The Morgan fingerprint density at radius 2 is 1.94 bits per heavy atom. The van der Waals surface area contributed by atoms with Gasteiger partial charge in [-0.2, -0.15) is 0 Å². The van der Waals surface area contributed by atoms with Crippen LogP contribution in [0.25, 0.3) is 0 Å². The molecule has 0 radical (unpaired) electrons. The zero-order valence-electron chi connectivity index (χ0n) is 10.7. The highest BCUT2D eigenvalue weighted by atomic mass is 16.3. The van der Waals surface area contributed by atoms with Crippen LogP contribution in [0.5, 0.6) is 0 Å². The number of allylic oxidation sites excluding steroid dienone is 4. The van der Waals surface area contributed by atoms with Crippen LogP contribution in [0.4, 0.5) is 0 Å². The number of aldehydes is 1. The molecule has 2 nitrogen and oxygen atoms in total. The van der Waals surface area contributed by atoms with Crippen molar-refractivity contribution in [2.24, 2.45) is 5.92 Å². The van der Waals surface area contributed by atoms with Gasteiger partial charge in [0.15, 0.2) is 0 Å². The van der Waals surface area contributed by atoms with Crippen molar-refractivity contribution in [3.63, 3.8) is 0 Å². The summed E-state index contributed by atoms with van der Waals surface area (Å²) in [5, 5.41) is 8.75. The van der Waals surface area contributed by atoms with Crippen LogP contribution >= 0.6 is 0 Å². The molecule has 0 aromatic carbocycles. The van der Waals surface area contributed by atoms with Crippen molar-refractivity contribution in [1.29, 1.82) is 0 Å². The van der Waals surface area contributed by atoms with E-state index in [2.05, 4.69) is 32.9 Å². The summed E-state index contributed by atoms with van der Waals surface area (Å²) < 4.78 is 0. The normalized spacial score (nSPS) is 13.4. The molecular weight excluding hydrogens is 200 g/mol. The summed E-state index contributed by atoms with van der Waals surface area (Å²) in [6.45, 7) is 6.39. The zero-order valence-corrected chi connectivity index (χ0v) is 10.7. The predicted octanol–water partition coefficient (Wildman–Crippen LogP) is 3.27. The number of hydrogen-bond acceptors (Lipinski definition) is 2. The second-order valence-electron chi connectivity index (χ2n) is 4.51. The maximum Gasteiger partial charge on any atom is 0.123 e.